The Morgan fingerprint density at radius 2 is 0.857 bits per heavy atom. The third-order valence-corrected chi connectivity index (χ3v) is 11.7. The minimum atomic E-state index is -0.118. The Bertz CT molecular complexity index is 2880. The molecule has 0 bridgehead atoms. The molecule has 9 aromatic rings. The topological polar surface area (TPSA) is 3.24 Å². The summed E-state index contributed by atoms with van der Waals surface area (Å²) in [5.41, 5.74) is 18.3. The van der Waals surface area contributed by atoms with Crippen molar-refractivity contribution in [3.63, 3.8) is 0 Å². The standard InChI is InChI=1S/C55H41N/c1-55(2)52-25-12-10-23-49(52)50-34-33-46(37-53(50)55)56(54-26-13-11-24-51(54)48-22-9-8-21-47(48)40-16-4-3-5-17-40)45-31-29-39(30-32-45)42-19-14-20-43(35-42)44-28-27-38-15-6-7-18-41(38)36-44/h3-37H,1-2H3. The number of anilines is 3. The van der Waals surface area contributed by atoms with Crippen LogP contribution < -0.4 is 4.90 Å². The van der Waals surface area contributed by atoms with Crippen LogP contribution in [-0.4, -0.2) is 0 Å². The highest BCUT2D eigenvalue weighted by Gasteiger charge is 2.36. The minimum absolute atomic E-state index is 0.118. The molecule has 0 aromatic heterocycles. The fraction of sp³-hybridized carbons (Fsp3) is 0.0545. The molecule has 0 saturated carbocycles. The molecular weight excluding hydrogens is 675 g/mol. The van der Waals surface area contributed by atoms with E-state index in [0.29, 0.717) is 0 Å². The van der Waals surface area contributed by atoms with Gasteiger partial charge in [0.15, 0.2) is 0 Å². The van der Waals surface area contributed by atoms with Crippen molar-refractivity contribution < 1.29 is 0 Å². The first kappa shape index (κ1) is 33.6. The summed E-state index contributed by atoms with van der Waals surface area (Å²) >= 11 is 0. The monoisotopic (exact) mass is 715 g/mol. The first-order valence-electron chi connectivity index (χ1n) is 19.5. The zero-order valence-electron chi connectivity index (χ0n) is 31.7. The van der Waals surface area contributed by atoms with E-state index in [1.807, 2.05) is 0 Å². The van der Waals surface area contributed by atoms with Gasteiger partial charge in [-0.2, -0.15) is 0 Å². The van der Waals surface area contributed by atoms with Crippen LogP contribution in [0.1, 0.15) is 25.0 Å². The van der Waals surface area contributed by atoms with Gasteiger partial charge in [0.25, 0.3) is 0 Å². The van der Waals surface area contributed by atoms with Crippen LogP contribution in [-0.2, 0) is 5.41 Å². The molecule has 0 unspecified atom stereocenters. The van der Waals surface area contributed by atoms with E-state index in [0.717, 1.165) is 17.1 Å². The maximum atomic E-state index is 2.45. The second-order valence-electron chi connectivity index (χ2n) is 15.4. The maximum absolute atomic E-state index is 2.45. The van der Waals surface area contributed by atoms with Gasteiger partial charge in [0.1, 0.15) is 0 Å². The number of para-hydroxylation sites is 1. The molecule has 0 aliphatic heterocycles. The number of nitrogens with zero attached hydrogens (tertiary/aromatic N) is 1. The summed E-state index contributed by atoms with van der Waals surface area (Å²) in [6.07, 6.45) is 0. The van der Waals surface area contributed by atoms with Gasteiger partial charge < -0.3 is 4.90 Å². The van der Waals surface area contributed by atoms with Gasteiger partial charge in [0.05, 0.1) is 5.69 Å². The first-order chi connectivity index (χ1) is 27.5. The molecule has 56 heavy (non-hydrogen) atoms. The zero-order chi connectivity index (χ0) is 37.6. The predicted octanol–water partition coefficient (Wildman–Crippen LogP) is 15.3. The average Bonchev–Trinajstić information content (AvgIpc) is 3.49. The van der Waals surface area contributed by atoms with Crippen molar-refractivity contribution >= 4 is 27.8 Å². The Morgan fingerprint density at radius 3 is 1.66 bits per heavy atom. The van der Waals surface area contributed by atoms with E-state index in [4.69, 9.17) is 0 Å². The molecule has 0 fully saturated rings. The molecule has 1 aliphatic carbocycles. The van der Waals surface area contributed by atoms with Crippen LogP contribution in [0.4, 0.5) is 17.1 Å². The van der Waals surface area contributed by atoms with E-state index >= 15 is 0 Å². The number of hydrogen-bond donors (Lipinski definition) is 0. The van der Waals surface area contributed by atoms with E-state index in [2.05, 4.69) is 231 Å². The molecule has 0 atom stereocenters. The van der Waals surface area contributed by atoms with Gasteiger partial charge in [-0.15, -0.1) is 0 Å². The van der Waals surface area contributed by atoms with Crippen LogP contribution in [0.15, 0.2) is 212 Å². The van der Waals surface area contributed by atoms with Crippen molar-refractivity contribution in [3.8, 4) is 55.6 Å². The van der Waals surface area contributed by atoms with Gasteiger partial charge >= 0.3 is 0 Å². The Balaban J connectivity index is 1.10. The molecular formula is C55H41N. The largest absolute Gasteiger partial charge is 0.310 e. The van der Waals surface area contributed by atoms with Gasteiger partial charge in [-0.05, 0) is 114 Å². The van der Waals surface area contributed by atoms with Crippen molar-refractivity contribution in [2.45, 2.75) is 19.3 Å². The normalized spacial score (nSPS) is 12.6. The third kappa shape index (κ3) is 5.81. The zero-order valence-corrected chi connectivity index (χ0v) is 31.7. The average molecular weight is 716 g/mol. The highest BCUT2D eigenvalue weighted by Crippen LogP contribution is 2.51. The number of fused-ring (bicyclic) bond motifs is 4. The van der Waals surface area contributed by atoms with Crippen LogP contribution in [0, 0.1) is 0 Å². The fourth-order valence-electron chi connectivity index (χ4n) is 8.79. The lowest BCUT2D eigenvalue weighted by Crippen LogP contribution is -2.17. The van der Waals surface area contributed by atoms with Gasteiger partial charge in [-0.3, -0.25) is 0 Å². The number of hydrogen-bond acceptors (Lipinski definition) is 1. The van der Waals surface area contributed by atoms with Crippen molar-refractivity contribution in [2.24, 2.45) is 0 Å². The third-order valence-electron chi connectivity index (χ3n) is 11.7. The van der Waals surface area contributed by atoms with Crippen LogP contribution in [0.3, 0.4) is 0 Å². The molecule has 1 heteroatoms. The molecule has 0 heterocycles. The van der Waals surface area contributed by atoms with Crippen molar-refractivity contribution in [1.29, 1.82) is 0 Å². The van der Waals surface area contributed by atoms with Crippen LogP contribution in [0.2, 0.25) is 0 Å². The highest BCUT2D eigenvalue weighted by atomic mass is 15.1. The minimum Gasteiger partial charge on any atom is -0.310 e. The molecule has 9 aromatic carbocycles. The Kier molecular flexibility index (Phi) is 8.23. The van der Waals surface area contributed by atoms with Crippen molar-refractivity contribution in [2.75, 3.05) is 4.90 Å². The highest BCUT2D eigenvalue weighted by molar-refractivity contribution is 5.95. The molecule has 1 nitrogen and oxygen atoms in total. The molecule has 0 spiro atoms. The van der Waals surface area contributed by atoms with E-state index < -0.39 is 0 Å². The molecule has 10 rings (SSSR count). The molecule has 0 saturated heterocycles. The summed E-state index contributed by atoms with van der Waals surface area (Å²) < 4.78 is 0. The van der Waals surface area contributed by atoms with E-state index in [1.165, 1.54) is 77.5 Å². The van der Waals surface area contributed by atoms with Crippen LogP contribution in [0.5, 0.6) is 0 Å². The summed E-state index contributed by atoms with van der Waals surface area (Å²) in [6, 6.07) is 77.6. The summed E-state index contributed by atoms with van der Waals surface area (Å²) in [7, 11) is 0. The van der Waals surface area contributed by atoms with Gasteiger partial charge in [-0.1, -0.05) is 184 Å². The smallest absolute Gasteiger partial charge is 0.0540 e. The Labute approximate surface area is 329 Å². The van der Waals surface area contributed by atoms with Gasteiger partial charge in [-0.25, -0.2) is 0 Å². The lowest BCUT2D eigenvalue weighted by atomic mass is 9.82. The molecule has 0 amide bonds. The lowest BCUT2D eigenvalue weighted by molar-refractivity contribution is 0.660. The number of rotatable bonds is 7. The molecule has 0 N–H and O–H groups in total. The molecule has 0 radical (unpaired) electrons. The van der Waals surface area contributed by atoms with Gasteiger partial charge in [0, 0.05) is 22.4 Å². The quantitative estimate of drug-likeness (QED) is 0.159. The summed E-state index contributed by atoms with van der Waals surface area (Å²) in [6.45, 7) is 4.72. The second kappa shape index (κ2) is 13.7. The van der Waals surface area contributed by atoms with E-state index in [1.54, 1.807) is 0 Å². The van der Waals surface area contributed by atoms with E-state index in [9.17, 15) is 0 Å². The summed E-state index contributed by atoms with van der Waals surface area (Å²) in [5, 5.41) is 2.51. The van der Waals surface area contributed by atoms with Gasteiger partial charge in [0.2, 0.25) is 0 Å². The predicted molar refractivity (Wildman–Crippen MR) is 238 cm³/mol. The first-order valence-corrected chi connectivity index (χ1v) is 19.5. The van der Waals surface area contributed by atoms with Crippen LogP contribution in [0.25, 0.3) is 66.4 Å². The fourth-order valence-corrected chi connectivity index (χ4v) is 8.79. The summed E-state index contributed by atoms with van der Waals surface area (Å²) in [5.74, 6) is 0. The molecule has 1 aliphatic rings. The van der Waals surface area contributed by atoms with Crippen molar-refractivity contribution in [3.05, 3.63) is 223 Å². The number of benzene rings is 9. The Hall–Kier alpha value is -6.96. The second-order valence-corrected chi connectivity index (χ2v) is 15.4. The maximum Gasteiger partial charge on any atom is 0.0540 e. The lowest BCUT2D eigenvalue weighted by Gasteiger charge is -2.30. The van der Waals surface area contributed by atoms with Crippen LogP contribution >= 0.6 is 0 Å². The van der Waals surface area contributed by atoms with E-state index in [-0.39, 0.29) is 5.41 Å². The Morgan fingerprint density at radius 1 is 0.304 bits per heavy atom. The SMILES string of the molecule is CC1(C)c2ccccc2-c2ccc(N(c3ccc(-c4cccc(-c5ccc6ccccc6c5)c4)cc3)c3ccccc3-c3ccccc3-c3ccccc3)cc21. The molecule has 266 valence electrons. The summed E-state index contributed by atoms with van der Waals surface area (Å²) in [4.78, 5) is 2.45. The van der Waals surface area contributed by atoms with Crippen molar-refractivity contribution in [1.82, 2.24) is 0 Å².